The zero-order valence-corrected chi connectivity index (χ0v) is 24.9. The molecule has 0 spiro atoms. The molecule has 1 heterocycles. The average Bonchev–Trinajstić information content (AvgIpc) is 3.06. The minimum atomic E-state index is -0.553. The minimum Gasteiger partial charge on any atom is -0.396 e. The second-order valence-corrected chi connectivity index (χ2v) is 11.6. The summed E-state index contributed by atoms with van der Waals surface area (Å²) in [6.45, 7) is 0.501. The van der Waals surface area contributed by atoms with Crippen molar-refractivity contribution in [2.75, 3.05) is 18.1 Å². The molecule has 230 valence electrons. The van der Waals surface area contributed by atoms with Gasteiger partial charge in [-0.3, -0.25) is 14.8 Å². The number of rotatable bonds is 15. The number of hydrogen-bond acceptors (Lipinski definition) is 8. The first-order valence-corrected chi connectivity index (χ1v) is 15.7. The zero-order chi connectivity index (χ0) is 30.4. The Kier molecular flexibility index (Phi) is 13.0. The number of amides is 2. The monoisotopic (exact) mass is 608 g/mol. The fraction of sp³-hybridized carbons (Fsp3) is 0.394. The van der Waals surface area contributed by atoms with Crippen LogP contribution in [0, 0.1) is 0 Å². The van der Waals surface area contributed by atoms with Crippen molar-refractivity contribution < 1.29 is 34.5 Å². The molecule has 0 aromatic heterocycles. The van der Waals surface area contributed by atoms with E-state index in [1.165, 1.54) is 0 Å². The van der Waals surface area contributed by atoms with E-state index in [9.17, 15) is 19.8 Å². The first-order valence-electron chi connectivity index (χ1n) is 14.6. The van der Waals surface area contributed by atoms with Crippen molar-refractivity contribution in [2.45, 2.75) is 63.8 Å². The van der Waals surface area contributed by atoms with Crippen molar-refractivity contribution in [1.82, 2.24) is 10.8 Å². The first-order chi connectivity index (χ1) is 21.0. The fourth-order valence-corrected chi connectivity index (χ4v) is 5.76. The van der Waals surface area contributed by atoms with E-state index in [4.69, 9.17) is 14.7 Å². The zero-order valence-electron chi connectivity index (χ0n) is 24.1. The second kappa shape index (κ2) is 17.1. The summed E-state index contributed by atoms with van der Waals surface area (Å²) in [5.74, 6) is 0.862. The van der Waals surface area contributed by atoms with Gasteiger partial charge in [-0.1, -0.05) is 72.8 Å². The molecule has 0 radical (unpaired) electrons. The molecular weight excluding hydrogens is 568 g/mol. The summed E-state index contributed by atoms with van der Waals surface area (Å²) in [6, 6.07) is 23.8. The van der Waals surface area contributed by atoms with E-state index in [0.29, 0.717) is 38.0 Å². The van der Waals surface area contributed by atoms with Crippen LogP contribution in [0.1, 0.15) is 66.8 Å². The Balaban J connectivity index is 1.41. The first kappa shape index (κ1) is 32.7. The number of hydrogen-bond donors (Lipinski definition) is 5. The third-order valence-corrected chi connectivity index (χ3v) is 8.40. The maximum absolute atomic E-state index is 12.4. The van der Waals surface area contributed by atoms with Crippen LogP contribution >= 0.6 is 11.8 Å². The molecule has 5 N–H and O–H groups in total. The molecule has 0 saturated carbocycles. The van der Waals surface area contributed by atoms with Gasteiger partial charge in [-0.25, -0.2) is 5.48 Å². The van der Waals surface area contributed by atoms with E-state index in [-0.39, 0.29) is 37.7 Å². The van der Waals surface area contributed by atoms with Gasteiger partial charge in [0.15, 0.2) is 6.29 Å². The number of thioether (sulfide) groups is 1. The normalized spacial score (nSPS) is 18.3. The number of hydroxylamine groups is 1. The molecule has 10 heteroatoms. The van der Waals surface area contributed by atoms with E-state index in [1.54, 1.807) is 17.2 Å². The molecule has 0 aliphatic carbocycles. The molecule has 2 amide bonds. The maximum atomic E-state index is 12.4. The van der Waals surface area contributed by atoms with Gasteiger partial charge in [-0.05, 0) is 40.7 Å². The fourth-order valence-electron chi connectivity index (χ4n) is 4.99. The van der Waals surface area contributed by atoms with Crippen LogP contribution in [-0.2, 0) is 32.2 Å². The van der Waals surface area contributed by atoms with Gasteiger partial charge in [0, 0.05) is 42.9 Å². The van der Waals surface area contributed by atoms with Crippen LogP contribution in [0.25, 0.3) is 11.1 Å². The SMILES string of the molecule is O=C(CCCCC(=O)NCc1ccccc1-c1ccc([C@@H]2O[C@H](CSCCO)C[C@H](c3ccc(CO)cc3)O2)cc1)NO. The molecule has 43 heavy (non-hydrogen) atoms. The Morgan fingerprint density at radius 2 is 1.56 bits per heavy atom. The Morgan fingerprint density at radius 3 is 2.26 bits per heavy atom. The molecule has 3 atom stereocenters. The van der Waals surface area contributed by atoms with Crippen molar-refractivity contribution in [3.8, 4) is 11.1 Å². The Morgan fingerprint density at radius 1 is 0.860 bits per heavy atom. The van der Waals surface area contributed by atoms with E-state index < -0.39 is 12.2 Å². The molecule has 1 aliphatic heterocycles. The summed E-state index contributed by atoms with van der Waals surface area (Å²) in [7, 11) is 0. The third-order valence-electron chi connectivity index (χ3n) is 7.32. The van der Waals surface area contributed by atoms with E-state index in [2.05, 4.69) is 5.32 Å². The summed E-state index contributed by atoms with van der Waals surface area (Å²) in [5.41, 5.74) is 7.39. The van der Waals surface area contributed by atoms with Crippen LogP contribution in [0.2, 0.25) is 0 Å². The van der Waals surface area contributed by atoms with Gasteiger partial charge >= 0.3 is 0 Å². The Labute approximate surface area is 256 Å². The molecule has 0 bridgehead atoms. The van der Waals surface area contributed by atoms with Crippen LogP contribution in [-0.4, -0.2) is 51.5 Å². The predicted octanol–water partition coefficient (Wildman–Crippen LogP) is 4.80. The summed E-state index contributed by atoms with van der Waals surface area (Å²) >= 11 is 1.66. The molecule has 3 aromatic rings. The number of benzene rings is 3. The number of ether oxygens (including phenoxy) is 2. The summed E-state index contributed by atoms with van der Waals surface area (Å²) in [5, 5.41) is 30.2. The number of aliphatic hydroxyl groups is 2. The number of nitrogens with one attached hydrogen (secondary N) is 2. The lowest BCUT2D eigenvalue weighted by Gasteiger charge is -2.36. The number of unbranched alkanes of at least 4 members (excludes halogenated alkanes) is 1. The molecule has 4 rings (SSSR count). The Hall–Kier alpha value is -3.25. The molecule has 9 nitrogen and oxygen atoms in total. The number of carbonyl (C=O) groups excluding carboxylic acids is 2. The van der Waals surface area contributed by atoms with Crippen molar-refractivity contribution in [3.63, 3.8) is 0 Å². The maximum Gasteiger partial charge on any atom is 0.243 e. The largest absolute Gasteiger partial charge is 0.396 e. The summed E-state index contributed by atoms with van der Waals surface area (Å²) in [4.78, 5) is 23.5. The van der Waals surface area contributed by atoms with E-state index >= 15 is 0 Å². The van der Waals surface area contributed by atoms with Crippen LogP contribution in [0.15, 0.2) is 72.8 Å². The minimum absolute atomic E-state index is 0.00674. The molecule has 1 aliphatic rings. The Bertz CT molecular complexity index is 1300. The molecule has 1 saturated heterocycles. The topological polar surface area (TPSA) is 137 Å². The number of carbonyl (C=O) groups is 2. The second-order valence-electron chi connectivity index (χ2n) is 10.4. The summed E-state index contributed by atoms with van der Waals surface area (Å²) in [6.07, 6.45) is 1.51. The van der Waals surface area contributed by atoms with Gasteiger partial charge in [0.2, 0.25) is 11.8 Å². The lowest BCUT2D eigenvalue weighted by molar-refractivity contribution is -0.245. The van der Waals surface area contributed by atoms with Gasteiger partial charge < -0.3 is 25.0 Å². The van der Waals surface area contributed by atoms with Gasteiger partial charge in [-0.15, -0.1) is 0 Å². The highest BCUT2D eigenvalue weighted by Crippen LogP contribution is 2.39. The van der Waals surface area contributed by atoms with Gasteiger partial charge in [0.05, 0.1) is 25.4 Å². The van der Waals surface area contributed by atoms with Crippen molar-refractivity contribution in [3.05, 3.63) is 95.1 Å². The quantitative estimate of drug-likeness (QED) is 0.0943. The molecule has 3 aromatic carbocycles. The number of aliphatic hydroxyl groups excluding tert-OH is 2. The molecular formula is C33H40N2O7S. The third kappa shape index (κ3) is 9.89. The van der Waals surface area contributed by atoms with Crippen LogP contribution in [0.4, 0.5) is 0 Å². The van der Waals surface area contributed by atoms with Gasteiger partial charge in [-0.2, -0.15) is 11.8 Å². The summed E-state index contributed by atoms with van der Waals surface area (Å²) < 4.78 is 12.8. The standard InChI is InChI=1S/C33H40N2O7S/c36-17-18-43-22-28-19-30(25-11-9-23(21-37)10-12-25)42-33(41-28)26-15-13-24(14-16-26)29-6-2-1-5-27(29)20-34-31(38)7-3-4-8-32(39)35-40/h1-2,5-6,9-16,28,30,33,36-37,40H,3-4,7-8,17-22H2,(H,34,38)(H,35,39)/t28-,30+,33+/m0/s1. The smallest absolute Gasteiger partial charge is 0.243 e. The van der Waals surface area contributed by atoms with Gasteiger partial charge in [0.25, 0.3) is 0 Å². The van der Waals surface area contributed by atoms with E-state index in [0.717, 1.165) is 39.1 Å². The van der Waals surface area contributed by atoms with Crippen molar-refractivity contribution in [2.24, 2.45) is 0 Å². The van der Waals surface area contributed by atoms with Crippen molar-refractivity contribution >= 4 is 23.6 Å². The lowest BCUT2D eigenvalue weighted by Crippen LogP contribution is -2.31. The van der Waals surface area contributed by atoms with Crippen LogP contribution < -0.4 is 10.8 Å². The predicted molar refractivity (Wildman–Crippen MR) is 165 cm³/mol. The molecule has 1 fully saturated rings. The van der Waals surface area contributed by atoms with E-state index in [1.807, 2.05) is 72.8 Å². The molecule has 0 unspecified atom stereocenters. The highest BCUT2D eigenvalue weighted by molar-refractivity contribution is 7.99. The van der Waals surface area contributed by atoms with Crippen LogP contribution in [0.5, 0.6) is 0 Å². The lowest BCUT2D eigenvalue weighted by atomic mass is 9.97. The highest BCUT2D eigenvalue weighted by atomic mass is 32.2. The van der Waals surface area contributed by atoms with Crippen LogP contribution in [0.3, 0.4) is 0 Å². The van der Waals surface area contributed by atoms with Gasteiger partial charge in [0.1, 0.15) is 0 Å². The van der Waals surface area contributed by atoms with Crippen molar-refractivity contribution in [1.29, 1.82) is 0 Å². The average molecular weight is 609 g/mol. The highest BCUT2D eigenvalue weighted by Gasteiger charge is 2.32.